The maximum absolute atomic E-state index is 10.9. The number of hydrogen-bond donors (Lipinski definition) is 1. The first kappa shape index (κ1) is 13.6. The molecule has 4 heteroatoms. The molecule has 1 aromatic rings. The van der Waals surface area contributed by atoms with Crippen molar-refractivity contribution in [2.45, 2.75) is 31.1 Å². The number of carboxylic acid groups (broad SMARTS) is 1. The molecule has 0 aromatic heterocycles. The molecule has 1 rings (SSSR count). The number of carboxylic acids is 1. The third kappa shape index (κ3) is 4.18. The van der Waals surface area contributed by atoms with Crippen LogP contribution in [-0.4, -0.2) is 16.8 Å². The summed E-state index contributed by atoms with van der Waals surface area (Å²) in [5.74, 6) is 0.164. The van der Waals surface area contributed by atoms with Gasteiger partial charge in [0.1, 0.15) is 0 Å². The maximum atomic E-state index is 10.9. The van der Waals surface area contributed by atoms with Crippen LogP contribution < -0.4 is 0 Å². The van der Waals surface area contributed by atoms with E-state index in [-0.39, 0.29) is 0 Å². The fraction of sp³-hybridized carbons (Fsp3) is 0.417. The summed E-state index contributed by atoms with van der Waals surface area (Å²) in [7, 11) is 0. The molecule has 0 fully saturated rings. The van der Waals surface area contributed by atoms with Crippen LogP contribution in [0.25, 0.3) is 0 Å². The number of halogens is 1. The molecular weight excluding hydrogens is 288 g/mol. The van der Waals surface area contributed by atoms with Crippen molar-refractivity contribution in [2.24, 2.45) is 0 Å². The Hall–Kier alpha value is -0.480. The minimum absolute atomic E-state index is 0.334. The standard InChI is InChI=1S/C12H15BrO2S/c1-2-3-4-7-16-9-5-6-11(13)10(8-9)12(14)15/h5-6,8H,2-4,7H2,1H3,(H,14,15). The molecular formula is C12H15BrO2S. The highest BCUT2D eigenvalue weighted by atomic mass is 79.9. The Labute approximate surface area is 109 Å². The van der Waals surface area contributed by atoms with Crippen LogP contribution in [0.4, 0.5) is 0 Å². The van der Waals surface area contributed by atoms with Gasteiger partial charge in [0.25, 0.3) is 0 Å². The lowest BCUT2D eigenvalue weighted by atomic mass is 10.2. The van der Waals surface area contributed by atoms with E-state index in [0.717, 1.165) is 10.6 Å². The Morgan fingerprint density at radius 1 is 1.44 bits per heavy atom. The lowest BCUT2D eigenvalue weighted by Gasteiger charge is -2.04. The van der Waals surface area contributed by atoms with Gasteiger partial charge in [0.05, 0.1) is 5.56 Å². The molecule has 0 aliphatic heterocycles. The summed E-state index contributed by atoms with van der Waals surface area (Å²) < 4.78 is 0.637. The van der Waals surface area contributed by atoms with Gasteiger partial charge in [0.2, 0.25) is 0 Å². The summed E-state index contributed by atoms with van der Waals surface area (Å²) in [5, 5.41) is 8.96. The van der Waals surface area contributed by atoms with Crippen LogP contribution in [-0.2, 0) is 0 Å². The Morgan fingerprint density at radius 3 is 2.81 bits per heavy atom. The van der Waals surface area contributed by atoms with E-state index in [0.29, 0.717) is 10.0 Å². The molecule has 0 spiro atoms. The van der Waals surface area contributed by atoms with Crippen molar-refractivity contribution < 1.29 is 9.90 Å². The lowest BCUT2D eigenvalue weighted by Crippen LogP contribution is -1.97. The number of aromatic carboxylic acids is 1. The first-order valence-electron chi connectivity index (χ1n) is 5.30. The largest absolute Gasteiger partial charge is 0.478 e. The summed E-state index contributed by atoms with van der Waals surface area (Å²) in [4.78, 5) is 11.9. The highest BCUT2D eigenvalue weighted by Gasteiger charge is 2.08. The highest BCUT2D eigenvalue weighted by molar-refractivity contribution is 9.10. The third-order valence-electron chi connectivity index (χ3n) is 2.18. The zero-order valence-corrected chi connectivity index (χ0v) is 11.6. The molecule has 0 heterocycles. The van der Waals surface area contributed by atoms with Crippen molar-refractivity contribution in [3.8, 4) is 0 Å². The lowest BCUT2D eigenvalue weighted by molar-refractivity contribution is 0.0695. The van der Waals surface area contributed by atoms with E-state index in [1.807, 2.05) is 6.07 Å². The predicted molar refractivity (Wildman–Crippen MR) is 71.4 cm³/mol. The Kier molecular flexibility index (Phi) is 5.91. The Balaban J connectivity index is 2.61. The number of carbonyl (C=O) groups is 1. The summed E-state index contributed by atoms with van der Waals surface area (Å²) >= 11 is 4.95. The monoisotopic (exact) mass is 302 g/mol. The molecule has 16 heavy (non-hydrogen) atoms. The molecule has 0 bridgehead atoms. The van der Waals surface area contributed by atoms with Crippen LogP contribution in [0.3, 0.4) is 0 Å². The molecule has 0 saturated carbocycles. The number of unbranched alkanes of at least 4 members (excludes halogenated alkanes) is 2. The average Bonchev–Trinajstić information content (AvgIpc) is 2.26. The topological polar surface area (TPSA) is 37.3 Å². The first-order valence-corrected chi connectivity index (χ1v) is 7.08. The van der Waals surface area contributed by atoms with Crippen molar-refractivity contribution in [2.75, 3.05) is 5.75 Å². The Bertz CT molecular complexity index is 366. The fourth-order valence-corrected chi connectivity index (χ4v) is 2.67. The van der Waals surface area contributed by atoms with Crippen molar-refractivity contribution >= 4 is 33.7 Å². The molecule has 2 nitrogen and oxygen atoms in total. The van der Waals surface area contributed by atoms with E-state index in [1.165, 1.54) is 19.3 Å². The van der Waals surface area contributed by atoms with Gasteiger partial charge in [0.15, 0.2) is 0 Å². The van der Waals surface area contributed by atoms with Gasteiger partial charge >= 0.3 is 5.97 Å². The van der Waals surface area contributed by atoms with Crippen molar-refractivity contribution in [1.82, 2.24) is 0 Å². The smallest absolute Gasteiger partial charge is 0.336 e. The SMILES string of the molecule is CCCCCSc1ccc(Br)c(C(=O)O)c1. The van der Waals surface area contributed by atoms with E-state index in [2.05, 4.69) is 22.9 Å². The molecule has 88 valence electrons. The molecule has 0 amide bonds. The molecule has 0 atom stereocenters. The predicted octanol–water partition coefficient (Wildman–Crippen LogP) is 4.43. The van der Waals surface area contributed by atoms with Crippen LogP contribution in [0.15, 0.2) is 27.6 Å². The number of hydrogen-bond acceptors (Lipinski definition) is 2. The zero-order valence-electron chi connectivity index (χ0n) is 9.20. The fourth-order valence-electron chi connectivity index (χ4n) is 1.30. The summed E-state index contributed by atoms with van der Waals surface area (Å²) in [6, 6.07) is 5.47. The Morgan fingerprint density at radius 2 is 2.19 bits per heavy atom. The van der Waals surface area contributed by atoms with E-state index in [1.54, 1.807) is 23.9 Å². The molecule has 0 unspecified atom stereocenters. The van der Waals surface area contributed by atoms with Crippen LogP contribution in [0.5, 0.6) is 0 Å². The van der Waals surface area contributed by atoms with Crippen LogP contribution in [0, 0.1) is 0 Å². The van der Waals surface area contributed by atoms with Gasteiger partial charge in [-0.25, -0.2) is 4.79 Å². The van der Waals surface area contributed by atoms with Gasteiger partial charge in [0, 0.05) is 9.37 Å². The average molecular weight is 303 g/mol. The minimum Gasteiger partial charge on any atom is -0.478 e. The van der Waals surface area contributed by atoms with Gasteiger partial charge in [-0.1, -0.05) is 19.8 Å². The quantitative estimate of drug-likeness (QED) is 0.624. The van der Waals surface area contributed by atoms with Crippen molar-refractivity contribution in [3.05, 3.63) is 28.2 Å². The first-order chi connectivity index (χ1) is 7.65. The molecule has 0 saturated heterocycles. The van der Waals surface area contributed by atoms with Crippen molar-refractivity contribution in [1.29, 1.82) is 0 Å². The van der Waals surface area contributed by atoms with Gasteiger partial charge in [-0.2, -0.15) is 0 Å². The summed E-state index contributed by atoms with van der Waals surface area (Å²) in [6.45, 7) is 2.17. The maximum Gasteiger partial charge on any atom is 0.336 e. The second kappa shape index (κ2) is 6.97. The third-order valence-corrected chi connectivity index (χ3v) is 3.96. The van der Waals surface area contributed by atoms with Gasteiger partial charge in [-0.3, -0.25) is 0 Å². The van der Waals surface area contributed by atoms with E-state index in [4.69, 9.17) is 5.11 Å². The second-order valence-corrected chi connectivity index (χ2v) is 5.53. The van der Waals surface area contributed by atoms with Gasteiger partial charge < -0.3 is 5.11 Å². The molecule has 0 aliphatic carbocycles. The highest BCUT2D eigenvalue weighted by Crippen LogP contribution is 2.25. The van der Waals surface area contributed by atoms with Crippen LogP contribution >= 0.6 is 27.7 Å². The molecule has 0 radical (unpaired) electrons. The number of rotatable bonds is 6. The molecule has 1 aromatic carbocycles. The minimum atomic E-state index is -0.886. The van der Waals surface area contributed by atoms with Gasteiger partial charge in [-0.05, 0) is 46.3 Å². The molecule has 1 N–H and O–H groups in total. The number of benzene rings is 1. The normalized spacial score (nSPS) is 10.4. The number of thioether (sulfide) groups is 1. The van der Waals surface area contributed by atoms with Crippen LogP contribution in [0.1, 0.15) is 36.5 Å². The molecule has 0 aliphatic rings. The summed E-state index contributed by atoms with van der Waals surface area (Å²) in [6.07, 6.45) is 3.62. The van der Waals surface area contributed by atoms with E-state index < -0.39 is 5.97 Å². The van der Waals surface area contributed by atoms with Crippen molar-refractivity contribution in [3.63, 3.8) is 0 Å². The second-order valence-electron chi connectivity index (χ2n) is 3.50. The van der Waals surface area contributed by atoms with E-state index >= 15 is 0 Å². The summed E-state index contributed by atoms with van der Waals surface area (Å²) in [5.41, 5.74) is 0.334. The zero-order chi connectivity index (χ0) is 12.0. The van der Waals surface area contributed by atoms with Gasteiger partial charge in [-0.15, -0.1) is 11.8 Å². The van der Waals surface area contributed by atoms with Crippen LogP contribution in [0.2, 0.25) is 0 Å². The van der Waals surface area contributed by atoms with E-state index in [9.17, 15) is 4.79 Å².